The van der Waals surface area contributed by atoms with Crippen molar-refractivity contribution in [3.05, 3.63) is 33.9 Å². The van der Waals surface area contributed by atoms with E-state index < -0.39 is 16.4 Å². The van der Waals surface area contributed by atoms with Crippen LogP contribution < -0.4 is 16.6 Å². The summed E-state index contributed by atoms with van der Waals surface area (Å²) in [6.45, 7) is 2.79. The highest BCUT2D eigenvalue weighted by Crippen LogP contribution is 2.28. The lowest BCUT2D eigenvalue weighted by Gasteiger charge is -2.23. The molecule has 1 heterocycles. The van der Waals surface area contributed by atoms with Crippen LogP contribution in [0.2, 0.25) is 0 Å². The van der Waals surface area contributed by atoms with Crippen LogP contribution in [0.3, 0.4) is 0 Å². The van der Waals surface area contributed by atoms with E-state index >= 15 is 0 Å². The first-order valence-electron chi connectivity index (χ1n) is 6.11. The molecule has 0 radical (unpaired) electrons. The Kier molecular flexibility index (Phi) is 3.86. The minimum Gasteiger partial charge on any atom is -0.379 e. The zero-order valence-electron chi connectivity index (χ0n) is 11.0. The first-order chi connectivity index (χ1) is 9.47. The number of hydrogen-bond acceptors (Lipinski definition) is 6. The first kappa shape index (κ1) is 14.2. The molecule has 1 saturated heterocycles. The number of ether oxygens (including phenoxy) is 1. The number of nitro benzene ring substituents is 1. The highest BCUT2D eigenvalue weighted by Gasteiger charge is 2.34. The predicted molar refractivity (Wildman–Crippen MR) is 72.2 cm³/mol. The van der Waals surface area contributed by atoms with Crippen molar-refractivity contribution in [3.63, 3.8) is 0 Å². The van der Waals surface area contributed by atoms with E-state index in [-0.39, 0.29) is 16.9 Å². The Bertz CT molecular complexity index is 540. The zero-order valence-corrected chi connectivity index (χ0v) is 11.0. The van der Waals surface area contributed by atoms with Gasteiger partial charge in [0.15, 0.2) is 0 Å². The number of hydrazine groups is 1. The van der Waals surface area contributed by atoms with Crippen LogP contribution in [0.1, 0.15) is 23.7 Å². The molecule has 20 heavy (non-hydrogen) atoms. The maximum atomic E-state index is 12.3. The van der Waals surface area contributed by atoms with Gasteiger partial charge in [-0.3, -0.25) is 20.8 Å². The molecule has 1 aliphatic heterocycles. The molecular weight excluding hydrogens is 264 g/mol. The number of benzene rings is 1. The molecule has 0 aromatic heterocycles. The maximum absolute atomic E-state index is 12.3. The number of carbonyl (C=O) groups excluding carboxylic acids is 1. The first-order valence-corrected chi connectivity index (χ1v) is 6.11. The molecule has 1 aromatic rings. The lowest BCUT2D eigenvalue weighted by Crippen LogP contribution is -2.46. The van der Waals surface area contributed by atoms with Gasteiger partial charge in [0.25, 0.3) is 5.91 Å². The van der Waals surface area contributed by atoms with Crippen molar-refractivity contribution in [1.82, 2.24) is 5.32 Å². The van der Waals surface area contributed by atoms with Crippen LogP contribution in [0.25, 0.3) is 0 Å². The molecular formula is C12H16N4O4. The molecule has 8 heteroatoms. The van der Waals surface area contributed by atoms with Gasteiger partial charge in [0, 0.05) is 6.61 Å². The Labute approximate surface area is 115 Å². The van der Waals surface area contributed by atoms with E-state index in [0.717, 1.165) is 0 Å². The molecule has 8 nitrogen and oxygen atoms in total. The molecule has 1 aromatic carbocycles. The molecule has 0 aliphatic carbocycles. The van der Waals surface area contributed by atoms with Crippen LogP contribution in [0, 0.1) is 10.1 Å². The summed E-state index contributed by atoms with van der Waals surface area (Å²) in [4.78, 5) is 22.8. The van der Waals surface area contributed by atoms with Gasteiger partial charge in [0.05, 0.1) is 17.1 Å². The number of carbonyl (C=O) groups is 1. The number of nitrogens with two attached hydrogens (primary N) is 1. The summed E-state index contributed by atoms with van der Waals surface area (Å²) in [5, 5.41) is 13.9. The zero-order chi connectivity index (χ0) is 14.8. The number of hydrogen-bond donors (Lipinski definition) is 3. The summed E-state index contributed by atoms with van der Waals surface area (Å²) in [6.07, 6.45) is 0.668. The van der Waals surface area contributed by atoms with Gasteiger partial charge in [-0.15, -0.1) is 0 Å². The van der Waals surface area contributed by atoms with Gasteiger partial charge in [0.1, 0.15) is 11.3 Å². The van der Waals surface area contributed by atoms with E-state index in [1.807, 2.05) is 6.92 Å². The monoisotopic (exact) mass is 280 g/mol. The number of para-hydroxylation sites is 1. The van der Waals surface area contributed by atoms with Gasteiger partial charge in [-0.2, -0.15) is 0 Å². The highest BCUT2D eigenvalue weighted by molar-refractivity contribution is 6.00. The standard InChI is InChI=1S/C12H16N4O4/c1-12(5-6-20-7-12)14-11(17)8-3-2-4-9(15-13)10(8)16(18)19/h2-4,15H,5-7,13H2,1H3,(H,14,17). The lowest BCUT2D eigenvalue weighted by atomic mass is 10.0. The van der Waals surface area contributed by atoms with Crippen LogP contribution in [-0.2, 0) is 4.74 Å². The minimum atomic E-state index is -0.627. The molecule has 1 unspecified atom stereocenters. The summed E-state index contributed by atoms with van der Waals surface area (Å²) >= 11 is 0. The van der Waals surface area contributed by atoms with Crippen molar-refractivity contribution in [2.45, 2.75) is 18.9 Å². The number of nitrogens with zero attached hydrogens (tertiary/aromatic N) is 1. The molecule has 4 N–H and O–H groups in total. The lowest BCUT2D eigenvalue weighted by molar-refractivity contribution is -0.384. The molecule has 0 bridgehead atoms. The minimum absolute atomic E-state index is 0.0291. The Morgan fingerprint density at radius 1 is 1.55 bits per heavy atom. The topological polar surface area (TPSA) is 120 Å². The highest BCUT2D eigenvalue weighted by atomic mass is 16.6. The average Bonchev–Trinajstić information content (AvgIpc) is 2.83. The van der Waals surface area contributed by atoms with Gasteiger partial charge < -0.3 is 15.5 Å². The summed E-state index contributed by atoms with van der Waals surface area (Å²) in [5.41, 5.74) is 1.45. The predicted octanol–water partition coefficient (Wildman–Crippen LogP) is 0.789. The van der Waals surface area contributed by atoms with Crippen LogP contribution in [0.15, 0.2) is 18.2 Å². The van der Waals surface area contributed by atoms with Crippen LogP contribution >= 0.6 is 0 Å². The smallest absolute Gasteiger partial charge is 0.306 e. The second-order valence-corrected chi connectivity index (χ2v) is 4.92. The third-order valence-electron chi connectivity index (χ3n) is 3.25. The molecule has 0 spiro atoms. The third-order valence-corrected chi connectivity index (χ3v) is 3.25. The van der Waals surface area contributed by atoms with E-state index in [2.05, 4.69) is 10.7 Å². The van der Waals surface area contributed by atoms with Gasteiger partial charge in [0.2, 0.25) is 0 Å². The molecule has 2 rings (SSSR count). The number of nitro groups is 1. The van der Waals surface area contributed by atoms with E-state index in [9.17, 15) is 14.9 Å². The molecule has 1 atom stereocenters. The van der Waals surface area contributed by atoms with Crippen molar-refractivity contribution in [2.24, 2.45) is 5.84 Å². The summed E-state index contributed by atoms with van der Waals surface area (Å²) in [6, 6.07) is 4.37. The van der Waals surface area contributed by atoms with E-state index in [1.165, 1.54) is 18.2 Å². The fourth-order valence-corrected chi connectivity index (χ4v) is 2.15. The molecule has 1 amide bonds. The van der Waals surface area contributed by atoms with Gasteiger partial charge in [-0.1, -0.05) is 6.07 Å². The van der Waals surface area contributed by atoms with Crippen molar-refractivity contribution >= 4 is 17.3 Å². The number of amides is 1. The van der Waals surface area contributed by atoms with Gasteiger partial charge in [-0.25, -0.2) is 0 Å². The molecule has 1 fully saturated rings. The van der Waals surface area contributed by atoms with Crippen LogP contribution in [0.4, 0.5) is 11.4 Å². The molecule has 1 aliphatic rings. The van der Waals surface area contributed by atoms with E-state index in [4.69, 9.17) is 10.6 Å². The second kappa shape index (κ2) is 5.43. The van der Waals surface area contributed by atoms with Gasteiger partial charge >= 0.3 is 5.69 Å². The Morgan fingerprint density at radius 3 is 2.85 bits per heavy atom. The van der Waals surface area contributed by atoms with Crippen molar-refractivity contribution in [1.29, 1.82) is 0 Å². The SMILES string of the molecule is CC1(NC(=O)c2cccc(NN)c2[N+](=O)[O-])CCOC1. The van der Waals surface area contributed by atoms with Gasteiger partial charge in [-0.05, 0) is 25.5 Å². The summed E-state index contributed by atoms with van der Waals surface area (Å²) < 4.78 is 5.24. The second-order valence-electron chi connectivity index (χ2n) is 4.92. The largest absolute Gasteiger partial charge is 0.379 e. The Morgan fingerprint density at radius 2 is 2.30 bits per heavy atom. The fraction of sp³-hybridized carbons (Fsp3) is 0.417. The molecule has 108 valence electrons. The summed E-state index contributed by atoms with van der Waals surface area (Å²) in [5.74, 6) is 4.73. The van der Waals surface area contributed by atoms with Crippen LogP contribution in [-0.4, -0.2) is 29.6 Å². The number of nitrogens with one attached hydrogen (secondary N) is 2. The molecule has 0 saturated carbocycles. The number of nitrogen functional groups attached to an aromatic ring is 1. The fourth-order valence-electron chi connectivity index (χ4n) is 2.15. The van der Waals surface area contributed by atoms with Crippen molar-refractivity contribution in [2.75, 3.05) is 18.6 Å². The van der Waals surface area contributed by atoms with Crippen LogP contribution in [0.5, 0.6) is 0 Å². The maximum Gasteiger partial charge on any atom is 0.306 e. The van der Waals surface area contributed by atoms with Crippen molar-refractivity contribution in [3.8, 4) is 0 Å². The van der Waals surface area contributed by atoms with E-state index in [0.29, 0.717) is 19.6 Å². The average molecular weight is 280 g/mol. The number of anilines is 1. The normalized spacial score (nSPS) is 21.5. The van der Waals surface area contributed by atoms with E-state index in [1.54, 1.807) is 0 Å². The summed E-state index contributed by atoms with van der Waals surface area (Å²) in [7, 11) is 0. The number of rotatable bonds is 4. The third kappa shape index (κ3) is 2.70. The van der Waals surface area contributed by atoms with Crippen molar-refractivity contribution < 1.29 is 14.5 Å². The Hall–Kier alpha value is -2.19. The quantitative estimate of drug-likeness (QED) is 0.426. The Balaban J connectivity index is 2.32.